The van der Waals surface area contributed by atoms with Crippen LogP contribution in [0.2, 0.25) is 0 Å². The molecule has 8 aromatic carbocycles. The maximum Gasteiger partial charge on any atom is 0.135 e. The number of furan rings is 1. The molecule has 5 heteroatoms. The summed E-state index contributed by atoms with van der Waals surface area (Å²) in [5, 5.41) is 18.1. The number of hydrazone groups is 1. The van der Waals surface area contributed by atoms with Gasteiger partial charge in [-0.15, -0.1) is 0 Å². The molecule has 0 spiro atoms. The van der Waals surface area contributed by atoms with Crippen LogP contribution in [0.15, 0.2) is 198 Å². The lowest BCUT2D eigenvalue weighted by atomic mass is 9.89. The van der Waals surface area contributed by atoms with Crippen LogP contribution in [0.5, 0.6) is 0 Å². The van der Waals surface area contributed by atoms with E-state index in [2.05, 4.69) is 155 Å². The van der Waals surface area contributed by atoms with Gasteiger partial charge in [-0.1, -0.05) is 133 Å². The van der Waals surface area contributed by atoms with Gasteiger partial charge in [0.1, 0.15) is 16.9 Å². The summed E-state index contributed by atoms with van der Waals surface area (Å²) in [4.78, 5) is 2.35. The van der Waals surface area contributed by atoms with Crippen LogP contribution in [0.3, 0.4) is 0 Å². The second kappa shape index (κ2) is 13.5. The molecule has 9 aromatic rings. The van der Waals surface area contributed by atoms with Crippen LogP contribution in [-0.2, 0) is 0 Å². The quantitative estimate of drug-likeness (QED) is 0.162. The average Bonchev–Trinajstić information content (AvgIpc) is 3.62. The van der Waals surface area contributed by atoms with E-state index in [0.717, 1.165) is 77.7 Å². The van der Waals surface area contributed by atoms with Crippen molar-refractivity contribution in [2.75, 3.05) is 10.3 Å². The number of rotatable bonds is 7. The van der Waals surface area contributed by atoms with E-state index < -0.39 is 0 Å². The first-order valence-corrected chi connectivity index (χ1v) is 18.4. The Kier molecular flexibility index (Phi) is 7.89. The van der Waals surface area contributed by atoms with Gasteiger partial charge in [-0.05, 0) is 93.7 Å². The van der Waals surface area contributed by atoms with Gasteiger partial charge in [0.05, 0.1) is 17.1 Å². The van der Waals surface area contributed by atoms with Gasteiger partial charge in [-0.25, -0.2) is 0 Å². The standard InChI is InChI=1S/C50H34N4O/c51-50-45(53-52-36-15-5-2-6-16-36)29-25-34-23-24-35-31-37(26-28-40(35)49(34)50)54(38-27-30-48-44(32-38)43-20-10-12-22-47(43)55-48)46-21-11-9-19-42(46)41-18-8-7-17-39(41)33-13-3-1-4-14-33/h1-32,51-52H/b51-50?,53-45-. The third-order valence-corrected chi connectivity index (χ3v) is 10.4. The molecule has 10 rings (SSSR count). The van der Waals surface area contributed by atoms with Gasteiger partial charge in [0.2, 0.25) is 0 Å². The molecule has 2 N–H and O–H groups in total. The number of hydrogen-bond acceptors (Lipinski definition) is 5. The molecule has 1 heterocycles. The molecule has 0 unspecified atom stereocenters. The molecule has 5 nitrogen and oxygen atoms in total. The number of nitrogens with one attached hydrogen (secondary N) is 2. The van der Waals surface area contributed by atoms with Crippen LogP contribution in [0.4, 0.5) is 22.7 Å². The van der Waals surface area contributed by atoms with Gasteiger partial charge >= 0.3 is 0 Å². The minimum atomic E-state index is 0.385. The van der Waals surface area contributed by atoms with E-state index in [4.69, 9.17) is 4.42 Å². The van der Waals surface area contributed by atoms with Crippen molar-refractivity contribution in [3.8, 4) is 22.3 Å². The van der Waals surface area contributed by atoms with Gasteiger partial charge in [0.15, 0.2) is 0 Å². The van der Waals surface area contributed by atoms with E-state index >= 15 is 0 Å². The number of nitrogens with zero attached hydrogens (tertiary/aromatic N) is 2. The third kappa shape index (κ3) is 5.75. The Bertz CT molecular complexity index is 2980. The fourth-order valence-electron chi connectivity index (χ4n) is 7.77. The van der Waals surface area contributed by atoms with E-state index in [0.29, 0.717) is 11.4 Å². The fourth-order valence-corrected chi connectivity index (χ4v) is 7.77. The zero-order valence-electron chi connectivity index (χ0n) is 29.8. The summed E-state index contributed by atoms with van der Waals surface area (Å²) < 4.78 is 6.27. The molecular formula is C50H34N4O. The van der Waals surface area contributed by atoms with Gasteiger partial charge in [0.25, 0.3) is 0 Å². The van der Waals surface area contributed by atoms with Crippen molar-refractivity contribution in [1.29, 1.82) is 5.41 Å². The molecular weight excluding hydrogens is 673 g/mol. The van der Waals surface area contributed by atoms with Crippen LogP contribution in [0, 0.1) is 5.41 Å². The van der Waals surface area contributed by atoms with Gasteiger partial charge < -0.3 is 9.32 Å². The molecule has 0 saturated carbocycles. The van der Waals surface area contributed by atoms with Crippen LogP contribution in [0.25, 0.3) is 61.0 Å². The largest absolute Gasteiger partial charge is 0.456 e. The number of fused-ring (bicyclic) bond motifs is 6. The average molecular weight is 707 g/mol. The Morgan fingerprint density at radius 3 is 2.04 bits per heavy atom. The van der Waals surface area contributed by atoms with Crippen molar-refractivity contribution in [3.63, 3.8) is 0 Å². The minimum absolute atomic E-state index is 0.385. The Hall–Kier alpha value is -7.50. The highest BCUT2D eigenvalue weighted by molar-refractivity contribution is 6.55. The molecule has 1 aliphatic rings. The van der Waals surface area contributed by atoms with E-state index in [-0.39, 0.29) is 0 Å². The maximum absolute atomic E-state index is 9.28. The predicted molar refractivity (Wildman–Crippen MR) is 230 cm³/mol. The van der Waals surface area contributed by atoms with Crippen molar-refractivity contribution in [2.24, 2.45) is 5.10 Å². The topological polar surface area (TPSA) is 64.6 Å². The number of hydrogen-bond donors (Lipinski definition) is 2. The zero-order valence-corrected chi connectivity index (χ0v) is 29.8. The summed E-state index contributed by atoms with van der Waals surface area (Å²) >= 11 is 0. The third-order valence-electron chi connectivity index (χ3n) is 10.4. The van der Waals surface area contributed by atoms with E-state index in [9.17, 15) is 5.41 Å². The Labute approximate surface area is 318 Å². The smallest absolute Gasteiger partial charge is 0.135 e. The summed E-state index contributed by atoms with van der Waals surface area (Å²) in [5.41, 5.74) is 16.2. The number of anilines is 4. The van der Waals surface area contributed by atoms with Crippen molar-refractivity contribution in [3.05, 3.63) is 199 Å². The molecule has 0 fully saturated rings. The van der Waals surface area contributed by atoms with Crippen LogP contribution >= 0.6 is 0 Å². The van der Waals surface area contributed by atoms with Crippen LogP contribution in [-0.4, -0.2) is 11.4 Å². The summed E-state index contributed by atoms with van der Waals surface area (Å²) in [6.07, 6.45) is 3.95. The molecule has 0 amide bonds. The van der Waals surface area contributed by atoms with Crippen molar-refractivity contribution in [2.45, 2.75) is 0 Å². The summed E-state index contributed by atoms with van der Waals surface area (Å²) in [5.74, 6) is 0. The predicted octanol–water partition coefficient (Wildman–Crippen LogP) is 13.4. The molecule has 0 saturated heterocycles. The molecule has 0 radical (unpaired) electrons. The highest BCUT2D eigenvalue weighted by atomic mass is 16.3. The van der Waals surface area contributed by atoms with Crippen molar-refractivity contribution >= 4 is 73.0 Å². The first kappa shape index (κ1) is 32.2. The van der Waals surface area contributed by atoms with Crippen LogP contribution < -0.4 is 10.3 Å². The van der Waals surface area contributed by atoms with Crippen molar-refractivity contribution < 1.29 is 4.42 Å². The summed E-state index contributed by atoms with van der Waals surface area (Å²) in [7, 11) is 0. The summed E-state index contributed by atoms with van der Waals surface area (Å²) in [6.45, 7) is 0. The highest BCUT2D eigenvalue weighted by Crippen LogP contribution is 2.45. The summed E-state index contributed by atoms with van der Waals surface area (Å²) in [6, 6.07) is 63.1. The first-order chi connectivity index (χ1) is 27.2. The normalized spacial score (nSPS) is 13.1. The monoisotopic (exact) mass is 706 g/mol. The number of para-hydroxylation sites is 3. The van der Waals surface area contributed by atoms with E-state index in [1.165, 1.54) is 11.1 Å². The van der Waals surface area contributed by atoms with Gasteiger partial charge in [0, 0.05) is 33.3 Å². The molecule has 0 aliphatic heterocycles. The van der Waals surface area contributed by atoms with Gasteiger partial charge in [-0.3, -0.25) is 10.8 Å². The molecule has 1 aliphatic carbocycles. The lowest BCUT2D eigenvalue weighted by Crippen LogP contribution is -2.19. The zero-order chi connectivity index (χ0) is 36.7. The second-order valence-electron chi connectivity index (χ2n) is 13.7. The molecule has 55 heavy (non-hydrogen) atoms. The molecule has 1 aromatic heterocycles. The molecule has 260 valence electrons. The highest BCUT2D eigenvalue weighted by Gasteiger charge is 2.23. The Morgan fingerprint density at radius 1 is 0.509 bits per heavy atom. The van der Waals surface area contributed by atoms with E-state index in [1.54, 1.807) is 0 Å². The van der Waals surface area contributed by atoms with E-state index in [1.807, 2.05) is 54.6 Å². The van der Waals surface area contributed by atoms with Crippen molar-refractivity contribution in [1.82, 2.24) is 0 Å². The number of benzene rings is 8. The Morgan fingerprint density at radius 2 is 1.18 bits per heavy atom. The maximum atomic E-state index is 9.28. The molecule has 0 bridgehead atoms. The molecule has 0 atom stereocenters. The lowest BCUT2D eigenvalue weighted by molar-refractivity contribution is 0.669. The fraction of sp³-hybridized carbons (Fsp3) is 0. The first-order valence-electron chi connectivity index (χ1n) is 18.4. The SMILES string of the molecule is N=C1/C(=N\Nc2ccccc2)C=Cc2ccc3cc(N(c4ccc5oc6ccccc6c5c4)c4ccccc4-c4ccccc4-c4ccccc4)ccc3c21. The van der Waals surface area contributed by atoms with Gasteiger partial charge in [-0.2, -0.15) is 5.10 Å². The number of allylic oxidation sites excluding steroid dienone is 1. The minimum Gasteiger partial charge on any atom is -0.456 e. The van der Waals surface area contributed by atoms with Crippen LogP contribution in [0.1, 0.15) is 11.1 Å². The Balaban J connectivity index is 1.15. The lowest BCUT2D eigenvalue weighted by Gasteiger charge is -2.29. The second-order valence-corrected chi connectivity index (χ2v) is 13.7.